The van der Waals surface area contributed by atoms with Crippen molar-refractivity contribution < 1.29 is 33.7 Å². The van der Waals surface area contributed by atoms with Gasteiger partial charge in [0.2, 0.25) is 0 Å². The van der Waals surface area contributed by atoms with Gasteiger partial charge in [-0.15, -0.1) is 0 Å². The van der Waals surface area contributed by atoms with Crippen molar-refractivity contribution in [1.29, 1.82) is 0 Å². The van der Waals surface area contributed by atoms with E-state index in [9.17, 15) is 19.8 Å². The van der Waals surface area contributed by atoms with Gasteiger partial charge in [0, 0.05) is 25.0 Å². The van der Waals surface area contributed by atoms with Crippen LogP contribution in [0.5, 0.6) is 0 Å². The van der Waals surface area contributed by atoms with Crippen LogP contribution in [0.2, 0.25) is 0 Å². The van der Waals surface area contributed by atoms with Gasteiger partial charge in [0.05, 0.1) is 12.2 Å². The fourth-order valence-corrected chi connectivity index (χ4v) is 6.08. The number of nitrogens with one attached hydrogen (secondary N) is 1. The van der Waals surface area contributed by atoms with Crippen molar-refractivity contribution >= 4 is 11.8 Å². The number of ether oxygens (including phenoxy) is 2. The van der Waals surface area contributed by atoms with Crippen LogP contribution in [0.4, 0.5) is 4.39 Å². The second-order valence-corrected chi connectivity index (χ2v) is 13.5. The number of hydrogen-bond donors (Lipinski definition) is 3. The van der Waals surface area contributed by atoms with Crippen molar-refractivity contribution in [1.82, 2.24) is 15.1 Å². The molecule has 0 aromatic heterocycles. The minimum absolute atomic E-state index is 0.0627. The number of halogens is 1. The monoisotopic (exact) mass is 589 g/mol. The number of Topliss-reactive ketones (excluding diaryl/α,β-unsaturated/α-hetero) is 1. The number of nitrogens with zero attached hydrogens (tertiary/aromatic N) is 2. The number of likely N-dealkylation sites (N-methyl/N-ethyl adjacent to an activating group) is 1. The number of carbonyl (C=O) groups excluding carboxylic acids is 2. The molecule has 0 spiro atoms. The van der Waals surface area contributed by atoms with E-state index in [4.69, 9.17) is 9.47 Å². The van der Waals surface area contributed by atoms with E-state index in [2.05, 4.69) is 17.1 Å². The number of ketones is 1. The van der Waals surface area contributed by atoms with Crippen LogP contribution in [0.25, 0.3) is 0 Å². The highest BCUT2D eigenvalue weighted by molar-refractivity contribution is 6.07. The molecule has 1 unspecified atom stereocenters. The number of rotatable bonds is 9. The van der Waals surface area contributed by atoms with E-state index in [0.717, 1.165) is 26.4 Å². The molecule has 0 aromatic carbocycles. The van der Waals surface area contributed by atoms with Gasteiger partial charge in [-0.2, -0.15) is 0 Å². The van der Waals surface area contributed by atoms with Crippen LogP contribution in [-0.2, 0) is 19.1 Å². The first-order valence-electron chi connectivity index (χ1n) is 15.2. The van der Waals surface area contributed by atoms with Crippen LogP contribution >= 0.6 is 0 Å². The zero-order valence-corrected chi connectivity index (χ0v) is 27.8. The third-order valence-corrected chi connectivity index (χ3v) is 9.74. The molecule has 1 fully saturated rings. The third-order valence-electron chi connectivity index (χ3n) is 9.74. The molecule has 9 atom stereocenters. The summed E-state index contributed by atoms with van der Waals surface area (Å²) in [5.74, 6) is -3.46. The van der Waals surface area contributed by atoms with Crippen molar-refractivity contribution in [3.05, 3.63) is 0 Å². The van der Waals surface area contributed by atoms with Crippen LogP contribution in [0.15, 0.2) is 0 Å². The van der Waals surface area contributed by atoms with Gasteiger partial charge in [0.1, 0.15) is 17.3 Å². The first kappa shape index (κ1) is 37.9. The second-order valence-electron chi connectivity index (χ2n) is 13.5. The molecule has 0 aliphatic carbocycles. The lowest BCUT2D eigenvalue weighted by atomic mass is 9.72. The molecule has 9 nitrogen and oxygen atoms in total. The molecule has 242 valence electrons. The van der Waals surface area contributed by atoms with Gasteiger partial charge in [-0.05, 0) is 99.9 Å². The van der Waals surface area contributed by atoms with E-state index in [-0.39, 0.29) is 12.3 Å². The van der Waals surface area contributed by atoms with E-state index in [1.807, 2.05) is 39.9 Å². The quantitative estimate of drug-likeness (QED) is 0.212. The fourth-order valence-electron chi connectivity index (χ4n) is 6.08. The largest absolute Gasteiger partial charge is 0.457 e. The van der Waals surface area contributed by atoms with Crippen molar-refractivity contribution in [3.63, 3.8) is 0 Å². The summed E-state index contributed by atoms with van der Waals surface area (Å²) in [6, 6.07) is -0.550. The molecular weight excluding hydrogens is 529 g/mol. The molecule has 0 aromatic rings. The Morgan fingerprint density at radius 1 is 1.07 bits per heavy atom. The maximum absolute atomic E-state index is 16.0. The summed E-state index contributed by atoms with van der Waals surface area (Å²) in [7, 11) is 5.95. The molecule has 0 saturated carbocycles. The highest BCUT2D eigenvalue weighted by Crippen LogP contribution is 2.39. The standard InChI is InChI=1S/C31H60FN3O6/c1-13-25-31(9,39)30(8,38)24(5)35(12)20-21(2)19-28(6,40-18-16-33-15-14-17-34(10)11)23(4)22(3)26(36)29(7,32)27(37)41-25/h21-25,33,38-39H,13-20H2,1-12H3/t21-,22-,23-,24-,25-,28-,29+,30?,31-/m1/s1. The number of alkyl halides is 1. The lowest BCUT2D eigenvalue weighted by Crippen LogP contribution is -2.67. The van der Waals surface area contributed by atoms with Crippen LogP contribution in [0.1, 0.15) is 81.6 Å². The maximum atomic E-state index is 16.0. The zero-order chi connectivity index (χ0) is 32.0. The number of aliphatic hydroxyl groups is 2. The Morgan fingerprint density at radius 2 is 1.66 bits per heavy atom. The summed E-state index contributed by atoms with van der Waals surface area (Å²) < 4.78 is 28.0. The summed E-state index contributed by atoms with van der Waals surface area (Å²) in [6.07, 6.45) is 0.451. The van der Waals surface area contributed by atoms with Gasteiger partial charge in [-0.25, -0.2) is 9.18 Å². The van der Waals surface area contributed by atoms with Gasteiger partial charge in [-0.3, -0.25) is 4.79 Å². The zero-order valence-electron chi connectivity index (χ0n) is 27.8. The predicted octanol–water partition coefficient (Wildman–Crippen LogP) is 3.06. The van der Waals surface area contributed by atoms with Crippen LogP contribution < -0.4 is 5.32 Å². The fraction of sp³-hybridized carbons (Fsp3) is 0.935. The van der Waals surface area contributed by atoms with E-state index in [1.165, 1.54) is 13.8 Å². The molecule has 0 bridgehead atoms. The summed E-state index contributed by atoms with van der Waals surface area (Å²) in [4.78, 5) is 30.8. The van der Waals surface area contributed by atoms with Gasteiger partial charge in [0.15, 0.2) is 5.78 Å². The van der Waals surface area contributed by atoms with Crippen molar-refractivity contribution in [2.75, 3.05) is 53.9 Å². The van der Waals surface area contributed by atoms with Gasteiger partial charge in [-0.1, -0.05) is 27.7 Å². The Bertz CT molecular complexity index is 852. The Labute approximate surface area is 248 Å². The topological polar surface area (TPSA) is 112 Å². The second kappa shape index (κ2) is 15.0. The predicted molar refractivity (Wildman–Crippen MR) is 161 cm³/mol. The molecule has 1 rings (SSSR count). The first-order chi connectivity index (χ1) is 18.7. The van der Waals surface area contributed by atoms with Crippen LogP contribution in [-0.4, -0.2) is 120 Å². The molecule has 1 aliphatic heterocycles. The molecule has 1 heterocycles. The Hall–Kier alpha value is -1.17. The van der Waals surface area contributed by atoms with E-state index in [0.29, 0.717) is 26.1 Å². The lowest BCUT2D eigenvalue weighted by Gasteiger charge is -2.49. The molecule has 41 heavy (non-hydrogen) atoms. The smallest absolute Gasteiger partial charge is 0.351 e. The highest BCUT2D eigenvalue weighted by atomic mass is 19.1. The van der Waals surface area contributed by atoms with E-state index < -0.39 is 58.2 Å². The molecule has 0 amide bonds. The van der Waals surface area contributed by atoms with Gasteiger partial charge < -0.3 is 34.8 Å². The lowest BCUT2D eigenvalue weighted by molar-refractivity contribution is -0.224. The summed E-state index contributed by atoms with van der Waals surface area (Å²) in [5.41, 5.74) is -7.40. The molecule has 10 heteroatoms. The number of cyclic esters (lactones) is 1. The van der Waals surface area contributed by atoms with Crippen molar-refractivity contribution in [2.24, 2.45) is 17.8 Å². The maximum Gasteiger partial charge on any atom is 0.351 e. The first-order valence-corrected chi connectivity index (χ1v) is 15.2. The minimum atomic E-state index is -2.94. The average Bonchev–Trinajstić information content (AvgIpc) is 2.87. The van der Waals surface area contributed by atoms with Crippen molar-refractivity contribution in [3.8, 4) is 0 Å². The summed E-state index contributed by atoms with van der Waals surface area (Å²) in [6.45, 7) is 18.3. The van der Waals surface area contributed by atoms with E-state index in [1.54, 1.807) is 20.8 Å². The highest BCUT2D eigenvalue weighted by Gasteiger charge is 2.56. The van der Waals surface area contributed by atoms with Crippen LogP contribution in [0, 0.1) is 17.8 Å². The third kappa shape index (κ3) is 9.16. The SMILES string of the molecule is CC[C@H]1OC(=O)[C@@](C)(F)C(=O)[C@H](C)[C@@H](C)[C@](C)(OCCNCCCN(C)C)C[C@@H](C)CN(C)[C@H](C)C(C)(O)[C@]1(C)O. The normalized spacial score (nSPS) is 40.7. The molecule has 1 saturated heterocycles. The Morgan fingerprint density at radius 3 is 2.20 bits per heavy atom. The Kier molecular flexibility index (Phi) is 13.9. The summed E-state index contributed by atoms with van der Waals surface area (Å²) in [5, 5.41) is 26.5. The molecule has 0 radical (unpaired) electrons. The molecule has 1 aliphatic rings. The minimum Gasteiger partial charge on any atom is -0.457 e. The molecule has 3 N–H and O–H groups in total. The number of carbonyl (C=O) groups is 2. The van der Waals surface area contributed by atoms with Gasteiger partial charge in [0.25, 0.3) is 5.67 Å². The van der Waals surface area contributed by atoms with E-state index >= 15 is 4.39 Å². The summed E-state index contributed by atoms with van der Waals surface area (Å²) >= 11 is 0. The Balaban J connectivity index is 3.40. The number of esters is 1. The van der Waals surface area contributed by atoms with Crippen molar-refractivity contribution in [2.45, 2.75) is 116 Å². The van der Waals surface area contributed by atoms with Crippen LogP contribution in [0.3, 0.4) is 0 Å². The number of hydrogen-bond acceptors (Lipinski definition) is 9. The molecular formula is C31H60FN3O6. The van der Waals surface area contributed by atoms with Gasteiger partial charge >= 0.3 is 5.97 Å². The average molecular weight is 590 g/mol.